The molecule has 50 heavy (non-hydrogen) atoms. The van der Waals surface area contributed by atoms with Crippen LogP contribution in [0, 0.1) is 24.2 Å². The predicted octanol–water partition coefficient (Wildman–Crippen LogP) is 7.52. The van der Waals surface area contributed by atoms with Crippen LogP contribution < -0.4 is 19.5 Å². The summed E-state index contributed by atoms with van der Waals surface area (Å²) in [6, 6.07) is 19.6. The van der Waals surface area contributed by atoms with Gasteiger partial charge in [0.2, 0.25) is 0 Å². The molecule has 12 heteroatoms. The van der Waals surface area contributed by atoms with Gasteiger partial charge in [-0.05, 0) is 68.2 Å². The van der Waals surface area contributed by atoms with E-state index in [-0.39, 0.29) is 13.2 Å². The number of likely N-dealkylation sites (tertiary alicyclic amines) is 1. The van der Waals surface area contributed by atoms with Gasteiger partial charge >= 0.3 is 0 Å². The van der Waals surface area contributed by atoms with Gasteiger partial charge in [-0.3, -0.25) is 10.1 Å². The Morgan fingerprint density at radius 1 is 0.960 bits per heavy atom. The first kappa shape index (κ1) is 35.2. The van der Waals surface area contributed by atoms with E-state index >= 15 is 0 Å². The lowest BCUT2D eigenvalue weighted by Gasteiger charge is -2.29. The first-order chi connectivity index (χ1) is 24.4. The Hall–Kier alpha value is -4.66. The Morgan fingerprint density at radius 2 is 1.80 bits per heavy atom. The topological polar surface area (TPSA) is 121 Å². The van der Waals surface area contributed by atoms with Gasteiger partial charge in [0, 0.05) is 54.2 Å². The predicted molar refractivity (Wildman–Crippen MR) is 193 cm³/mol. The van der Waals surface area contributed by atoms with Crippen LogP contribution in [0.5, 0.6) is 17.2 Å². The molecule has 2 N–H and O–H groups in total. The van der Waals surface area contributed by atoms with Crippen molar-refractivity contribution in [1.29, 1.82) is 5.26 Å². The van der Waals surface area contributed by atoms with Crippen LogP contribution >= 0.6 is 23.2 Å². The molecule has 0 aliphatic carbocycles. The van der Waals surface area contributed by atoms with Crippen molar-refractivity contribution in [2.75, 3.05) is 26.7 Å². The third kappa shape index (κ3) is 8.92. The molecule has 1 aliphatic rings. The van der Waals surface area contributed by atoms with Crippen LogP contribution in [-0.2, 0) is 26.3 Å². The summed E-state index contributed by atoms with van der Waals surface area (Å²) < 4.78 is 18.9. The molecule has 0 bridgehead atoms. The van der Waals surface area contributed by atoms with Gasteiger partial charge in [-0.25, -0.2) is 4.98 Å². The number of halogens is 2. The highest BCUT2D eigenvalue weighted by Gasteiger charge is 2.20. The number of H-pyrrole nitrogens is 1. The van der Waals surface area contributed by atoms with Crippen molar-refractivity contribution >= 4 is 23.2 Å². The van der Waals surface area contributed by atoms with Crippen molar-refractivity contribution in [2.45, 2.75) is 46.1 Å². The average molecular weight is 713 g/mol. The molecule has 2 aromatic heterocycles. The lowest BCUT2D eigenvalue weighted by molar-refractivity contribution is 0.150. The minimum Gasteiger partial charge on any atom is -0.492 e. The zero-order valence-corrected chi connectivity index (χ0v) is 29.6. The molecule has 0 spiro atoms. The summed E-state index contributed by atoms with van der Waals surface area (Å²) in [5.41, 5.74) is 6.02. The summed E-state index contributed by atoms with van der Waals surface area (Å²) >= 11 is 13.7. The molecule has 1 fully saturated rings. The van der Waals surface area contributed by atoms with Crippen molar-refractivity contribution < 1.29 is 14.2 Å². The van der Waals surface area contributed by atoms with E-state index in [1.54, 1.807) is 18.3 Å². The zero-order chi connectivity index (χ0) is 34.9. The van der Waals surface area contributed by atoms with E-state index in [4.69, 9.17) is 37.4 Å². The quantitative estimate of drug-likeness (QED) is 0.120. The van der Waals surface area contributed by atoms with E-state index in [0.717, 1.165) is 52.9 Å². The zero-order valence-electron chi connectivity index (χ0n) is 28.1. The number of ether oxygens (including phenoxy) is 3. The maximum Gasteiger partial charge on any atom is 0.142 e. The van der Waals surface area contributed by atoms with Crippen LogP contribution in [0.4, 0.5) is 0 Å². The van der Waals surface area contributed by atoms with Crippen LogP contribution in [0.2, 0.25) is 10.0 Å². The van der Waals surface area contributed by atoms with E-state index in [9.17, 15) is 5.26 Å². The molecule has 1 atom stereocenters. The largest absolute Gasteiger partial charge is 0.492 e. The summed E-state index contributed by atoms with van der Waals surface area (Å²) in [5.74, 6) is 2.97. The summed E-state index contributed by atoms with van der Waals surface area (Å²) in [7, 11) is 2.16. The number of pyridine rings is 1. The molecule has 6 rings (SSSR count). The number of nitrogens with zero attached hydrogens (tertiary/aromatic N) is 5. The summed E-state index contributed by atoms with van der Waals surface area (Å²) in [6.07, 6.45) is 7.01. The van der Waals surface area contributed by atoms with Gasteiger partial charge in [0.15, 0.2) is 0 Å². The fourth-order valence-electron chi connectivity index (χ4n) is 6.11. The van der Waals surface area contributed by atoms with Crippen LogP contribution in [0.15, 0.2) is 73.3 Å². The monoisotopic (exact) mass is 711 g/mol. The molecule has 3 heterocycles. The van der Waals surface area contributed by atoms with E-state index in [1.165, 1.54) is 18.9 Å². The summed E-state index contributed by atoms with van der Waals surface area (Å²) in [5, 5.41) is 20.4. The van der Waals surface area contributed by atoms with E-state index in [2.05, 4.69) is 56.5 Å². The van der Waals surface area contributed by atoms with Gasteiger partial charge in [0.05, 0.1) is 28.8 Å². The Labute approximate surface area is 302 Å². The number of hydrogen-bond acceptors (Lipinski definition) is 9. The van der Waals surface area contributed by atoms with E-state index < -0.39 is 0 Å². The number of nitriles is 1. The molecule has 5 aromatic rings. The second-order valence-corrected chi connectivity index (χ2v) is 13.3. The fourth-order valence-corrected chi connectivity index (χ4v) is 6.64. The van der Waals surface area contributed by atoms with Gasteiger partial charge in [-0.2, -0.15) is 10.4 Å². The van der Waals surface area contributed by atoms with Gasteiger partial charge in [0.1, 0.15) is 48.7 Å². The molecule has 258 valence electrons. The smallest absolute Gasteiger partial charge is 0.142 e. The van der Waals surface area contributed by atoms with Crippen LogP contribution in [-0.4, -0.2) is 51.8 Å². The molecule has 0 radical (unpaired) electrons. The molecular weight excluding hydrogens is 673 g/mol. The Kier molecular flexibility index (Phi) is 11.8. The highest BCUT2D eigenvalue weighted by Crippen LogP contribution is 2.39. The van der Waals surface area contributed by atoms with Crippen LogP contribution in [0.1, 0.15) is 46.5 Å². The van der Waals surface area contributed by atoms with Gasteiger partial charge in [-0.15, -0.1) is 0 Å². The van der Waals surface area contributed by atoms with Crippen molar-refractivity contribution in [3.05, 3.63) is 117 Å². The SMILES string of the molecule is Cc1c(COc2cc(OCc3cncc(C#N)c3)c(CNCc3ncn[nH]3)cc2Cl)cccc1-c1cccc(OCC2CCCN(C)C2)c1Cl. The number of hydrogen-bond donors (Lipinski definition) is 2. The average Bonchev–Trinajstić information content (AvgIpc) is 3.65. The van der Waals surface area contributed by atoms with Crippen LogP contribution in [0.25, 0.3) is 11.1 Å². The third-order valence-electron chi connectivity index (χ3n) is 8.79. The van der Waals surface area contributed by atoms with Crippen LogP contribution in [0.3, 0.4) is 0 Å². The molecule has 0 amide bonds. The fraction of sp³-hybridized carbons (Fsp3) is 0.316. The molecule has 0 saturated carbocycles. The number of nitrogens with one attached hydrogen (secondary N) is 2. The van der Waals surface area contributed by atoms with E-state index in [0.29, 0.717) is 64.3 Å². The first-order valence-electron chi connectivity index (χ1n) is 16.5. The number of aromatic amines is 1. The van der Waals surface area contributed by atoms with Crippen molar-refractivity contribution in [3.63, 3.8) is 0 Å². The van der Waals surface area contributed by atoms with Gasteiger partial charge < -0.3 is 24.4 Å². The molecule has 10 nitrogen and oxygen atoms in total. The second kappa shape index (κ2) is 16.8. The maximum absolute atomic E-state index is 9.29. The van der Waals surface area contributed by atoms with E-state index in [1.807, 2.05) is 36.4 Å². The number of aromatic nitrogens is 4. The Balaban J connectivity index is 1.18. The number of benzene rings is 3. The standard InChI is InChI=1S/C38H39Cl2N7O3/c1-25-29(7-3-8-31(25)32-9-4-10-34(38(32)40)48-21-26-6-5-11-47(2)20-26)23-50-36-14-35(49-22-28-12-27(15-41)16-42-17-28)30(13-33(36)39)18-43-19-37-44-24-45-46-37/h3-4,7-10,12-14,16-17,24,26,43H,5-6,11,18-23H2,1-2H3,(H,44,45,46). The third-order valence-corrected chi connectivity index (χ3v) is 9.47. The summed E-state index contributed by atoms with van der Waals surface area (Å²) in [6.45, 7) is 6.31. The lowest BCUT2D eigenvalue weighted by Crippen LogP contribution is -2.34. The molecule has 3 aromatic carbocycles. The van der Waals surface area contributed by atoms with Crippen molar-refractivity contribution in [2.24, 2.45) is 5.92 Å². The summed E-state index contributed by atoms with van der Waals surface area (Å²) in [4.78, 5) is 10.7. The lowest BCUT2D eigenvalue weighted by atomic mass is 9.96. The first-order valence-corrected chi connectivity index (χ1v) is 17.3. The number of rotatable bonds is 14. The van der Waals surface area contributed by atoms with Crippen molar-refractivity contribution in [3.8, 4) is 34.4 Å². The number of piperidine rings is 1. The molecule has 1 aliphatic heterocycles. The Morgan fingerprint density at radius 3 is 2.62 bits per heavy atom. The maximum atomic E-state index is 9.29. The normalized spacial score (nSPS) is 14.7. The Bertz CT molecular complexity index is 1950. The van der Waals surface area contributed by atoms with Gasteiger partial charge in [0.25, 0.3) is 0 Å². The highest BCUT2D eigenvalue weighted by atomic mass is 35.5. The molecule has 1 unspecified atom stereocenters. The minimum absolute atomic E-state index is 0.209. The van der Waals surface area contributed by atoms with Crippen molar-refractivity contribution in [1.82, 2.24) is 30.4 Å². The molecule has 1 saturated heterocycles. The molecular formula is C38H39Cl2N7O3. The minimum atomic E-state index is 0.209. The second-order valence-electron chi connectivity index (χ2n) is 12.5. The van der Waals surface area contributed by atoms with Gasteiger partial charge in [-0.1, -0.05) is 53.5 Å². The highest BCUT2D eigenvalue weighted by molar-refractivity contribution is 6.35.